The highest BCUT2D eigenvalue weighted by Gasteiger charge is 2.31. The monoisotopic (exact) mass is 234 g/mol. The van der Waals surface area contributed by atoms with Crippen LogP contribution in [-0.4, -0.2) is 48.1 Å². The fourth-order valence-electron chi connectivity index (χ4n) is 2.76. The lowest BCUT2D eigenvalue weighted by Crippen LogP contribution is -2.60. The first-order valence-electron chi connectivity index (χ1n) is 6.17. The molecule has 3 aliphatic rings. The third-order valence-electron chi connectivity index (χ3n) is 3.73. The van der Waals surface area contributed by atoms with Crippen LogP contribution >= 0.6 is 0 Å². The Kier molecular flexibility index (Phi) is 2.64. The molecular weight excluding hydrogens is 216 g/mol. The quantitative estimate of drug-likeness (QED) is 0.647. The average molecular weight is 234 g/mol. The Balaban J connectivity index is 1.78. The Morgan fingerprint density at radius 3 is 3.24 bits per heavy atom. The Morgan fingerprint density at radius 1 is 1.53 bits per heavy atom. The minimum Gasteiger partial charge on any atom is -0.366 e. The molecule has 2 fully saturated rings. The summed E-state index contributed by atoms with van der Waals surface area (Å²) in [6.45, 7) is 4.12. The molecular formula is C12H18N4O. The van der Waals surface area contributed by atoms with Crippen LogP contribution in [-0.2, 0) is 4.79 Å². The van der Waals surface area contributed by atoms with E-state index in [4.69, 9.17) is 5.73 Å². The predicted molar refractivity (Wildman–Crippen MR) is 64.7 cm³/mol. The number of nitrogens with two attached hydrogens (primary N) is 1. The lowest BCUT2D eigenvalue weighted by atomic mass is 10.0. The van der Waals surface area contributed by atoms with Gasteiger partial charge in [-0.3, -0.25) is 9.69 Å². The van der Waals surface area contributed by atoms with Crippen molar-refractivity contribution in [2.45, 2.75) is 19.0 Å². The summed E-state index contributed by atoms with van der Waals surface area (Å²) in [7, 11) is 0. The van der Waals surface area contributed by atoms with Gasteiger partial charge in [-0.05, 0) is 19.4 Å². The van der Waals surface area contributed by atoms with E-state index in [1.54, 1.807) is 0 Å². The second-order valence-electron chi connectivity index (χ2n) is 4.86. The molecule has 1 atom stereocenters. The SMILES string of the molecule is NC(=O)C1=CN2CC3NCCCN3CC2=CC1. The first kappa shape index (κ1) is 10.8. The van der Waals surface area contributed by atoms with Gasteiger partial charge in [-0.2, -0.15) is 0 Å². The van der Waals surface area contributed by atoms with E-state index >= 15 is 0 Å². The van der Waals surface area contributed by atoms with Gasteiger partial charge < -0.3 is 16.0 Å². The average Bonchev–Trinajstić information content (AvgIpc) is 2.35. The fraction of sp³-hybridized carbons (Fsp3) is 0.583. The lowest BCUT2D eigenvalue weighted by molar-refractivity contribution is -0.114. The van der Waals surface area contributed by atoms with Crippen molar-refractivity contribution in [3.05, 3.63) is 23.5 Å². The molecule has 3 N–H and O–H groups in total. The van der Waals surface area contributed by atoms with E-state index in [-0.39, 0.29) is 5.91 Å². The van der Waals surface area contributed by atoms with Gasteiger partial charge in [0.05, 0.1) is 12.7 Å². The van der Waals surface area contributed by atoms with Gasteiger partial charge in [-0.25, -0.2) is 0 Å². The van der Waals surface area contributed by atoms with Crippen molar-refractivity contribution in [1.82, 2.24) is 15.1 Å². The highest BCUT2D eigenvalue weighted by atomic mass is 16.1. The predicted octanol–water partition coefficient (Wildman–Crippen LogP) is -0.420. The summed E-state index contributed by atoms with van der Waals surface area (Å²) >= 11 is 0. The van der Waals surface area contributed by atoms with Crippen molar-refractivity contribution in [3.63, 3.8) is 0 Å². The highest BCUT2D eigenvalue weighted by Crippen LogP contribution is 2.25. The van der Waals surface area contributed by atoms with Gasteiger partial charge >= 0.3 is 0 Å². The molecule has 5 nitrogen and oxygen atoms in total. The van der Waals surface area contributed by atoms with Gasteiger partial charge in [0.2, 0.25) is 5.91 Å². The van der Waals surface area contributed by atoms with Crippen LogP contribution in [0.5, 0.6) is 0 Å². The summed E-state index contributed by atoms with van der Waals surface area (Å²) in [5.41, 5.74) is 7.34. The Labute approximate surface area is 101 Å². The maximum absolute atomic E-state index is 11.2. The molecule has 1 unspecified atom stereocenters. The second-order valence-corrected chi connectivity index (χ2v) is 4.86. The van der Waals surface area contributed by atoms with Gasteiger partial charge in [0.25, 0.3) is 0 Å². The van der Waals surface area contributed by atoms with Crippen molar-refractivity contribution < 1.29 is 4.79 Å². The zero-order chi connectivity index (χ0) is 11.8. The molecule has 0 aliphatic carbocycles. The van der Waals surface area contributed by atoms with Crippen molar-refractivity contribution in [2.75, 3.05) is 26.2 Å². The van der Waals surface area contributed by atoms with E-state index in [0.717, 1.165) is 26.2 Å². The number of nitrogens with one attached hydrogen (secondary N) is 1. The number of rotatable bonds is 1. The third-order valence-corrected chi connectivity index (χ3v) is 3.73. The van der Waals surface area contributed by atoms with Crippen molar-refractivity contribution >= 4 is 5.91 Å². The molecule has 3 heterocycles. The molecule has 0 bridgehead atoms. The molecule has 5 heteroatoms. The van der Waals surface area contributed by atoms with Gasteiger partial charge in [-0.1, -0.05) is 6.08 Å². The zero-order valence-corrected chi connectivity index (χ0v) is 9.85. The molecule has 17 heavy (non-hydrogen) atoms. The van der Waals surface area contributed by atoms with E-state index in [1.807, 2.05) is 6.20 Å². The van der Waals surface area contributed by atoms with Gasteiger partial charge in [0.15, 0.2) is 0 Å². The van der Waals surface area contributed by atoms with Crippen LogP contribution in [0.4, 0.5) is 0 Å². The highest BCUT2D eigenvalue weighted by molar-refractivity contribution is 5.92. The van der Waals surface area contributed by atoms with Crippen LogP contribution in [0.2, 0.25) is 0 Å². The number of primary amides is 1. The standard InChI is InChI=1S/C12H18N4O/c13-12(17)9-2-3-10-7-15-5-1-4-14-11(15)8-16(10)6-9/h3,6,11,14H,1-2,4-5,7-8H2,(H2,13,17). The number of allylic oxidation sites excluding steroid dienone is 1. The van der Waals surface area contributed by atoms with Crippen LogP contribution in [0, 0.1) is 0 Å². The van der Waals surface area contributed by atoms with E-state index in [2.05, 4.69) is 21.2 Å². The number of nitrogens with zero attached hydrogens (tertiary/aromatic N) is 2. The van der Waals surface area contributed by atoms with Crippen molar-refractivity contribution in [2.24, 2.45) is 5.73 Å². The molecule has 2 saturated heterocycles. The molecule has 0 aromatic heterocycles. The summed E-state index contributed by atoms with van der Waals surface area (Å²) in [5.74, 6) is -0.306. The Morgan fingerprint density at radius 2 is 2.41 bits per heavy atom. The van der Waals surface area contributed by atoms with Crippen LogP contribution in [0.1, 0.15) is 12.8 Å². The molecule has 1 amide bonds. The number of hydrogen-bond acceptors (Lipinski definition) is 4. The van der Waals surface area contributed by atoms with Gasteiger partial charge in [0.1, 0.15) is 0 Å². The first-order chi connectivity index (χ1) is 8.24. The van der Waals surface area contributed by atoms with E-state index in [9.17, 15) is 4.79 Å². The molecule has 0 aromatic rings. The number of carbonyl (C=O) groups is 1. The van der Waals surface area contributed by atoms with E-state index in [1.165, 1.54) is 12.1 Å². The first-order valence-corrected chi connectivity index (χ1v) is 6.17. The second kappa shape index (κ2) is 4.16. The Bertz CT molecular complexity index is 401. The summed E-state index contributed by atoms with van der Waals surface area (Å²) in [6.07, 6.45) is 6.35. The van der Waals surface area contributed by atoms with Crippen molar-refractivity contribution in [3.8, 4) is 0 Å². The van der Waals surface area contributed by atoms with Gasteiger partial charge in [-0.15, -0.1) is 0 Å². The maximum Gasteiger partial charge on any atom is 0.246 e. The van der Waals surface area contributed by atoms with Crippen LogP contribution in [0.25, 0.3) is 0 Å². The summed E-state index contributed by atoms with van der Waals surface area (Å²) in [5, 5.41) is 3.51. The van der Waals surface area contributed by atoms with Crippen LogP contribution in [0.3, 0.4) is 0 Å². The molecule has 0 spiro atoms. The summed E-state index contributed by atoms with van der Waals surface area (Å²) in [6, 6.07) is 0. The number of piperazine rings is 1. The number of fused-ring (bicyclic) bond motifs is 2. The number of carbonyl (C=O) groups excluding carboxylic acids is 1. The van der Waals surface area contributed by atoms with E-state index in [0.29, 0.717) is 18.2 Å². The normalized spacial score (nSPS) is 28.9. The van der Waals surface area contributed by atoms with Crippen LogP contribution < -0.4 is 11.1 Å². The van der Waals surface area contributed by atoms with Crippen molar-refractivity contribution in [1.29, 1.82) is 0 Å². The third kappa shape index (κ3) is 1.96. The molecule has 0 aromatic carbocycles. The smallest absolute Gasteiger partial charge is 0.246 e. The fourth-order valence-corrected chi connectivity index (χ4v) is 2.76. The van der Waals surface area contributed by atoms with Gasteiger partial charge in [0, 0.05) is 30.6 Å². The number of amides is 1. The zero-order valence-electron chi connectivity index (χ0n) is 9.85. The topological polar surface area (TPSA) is 61.6 Å². The van der Waals surface area contributed by atoms with E-state index < -0.39 is 0 Å². The maximum atomic E-state index is 11.2. The van der Waals surface area contributed by atoms with Crippen LogP contribution in [0.15, 0.2) is 23.5 Å². The molecule has 0 saturated carbocycles. The molecule has 3 aliphatic heterocycles. The minimum atomic E-state index is -0.306. The molecule has 92 valence electrons. The largest absolute Gasteiger partial charge is 0.366 e. The molecule has 3 rings (SSSR count). The lowest BCUT2D eigenvalue weighted by Gasteiger charge is -2.46. The minimum absolute atomic E-state index is 0.306. The Hall–Kier alpha value is -1.33. The molecule has 0 radical (unpaired) electrons. The number of hydrogen-bond donors (Lipinski definition) is 2. The summed E-state index contributed by atoms with van der Waals surface area (Å²) in [4.78, 5) is 15.8. The summed E-state index contributed by atoms with van der Waals surface area (Å²) < 4.78 is 0.